The first-order chi connectivity index (χ1) is 12.8. The summed E-state index contributed by atoms with van der Waals surface area (Å²) in [6, 6.07) is 9.37. The van der Waals surface area contributed by atoms with Crippen LogP contribution in [0.2, 0.25) is 0 Å². The maximum absolute atomic E-state index is 3.91. The molecule has 0 saturated heterocycles. The third-order valence-electron chi connectivity index (χ3n) is 5.59. The lowest BCUT2D eigenvalue weighted by molar-refractivity contribution is 0.591. The minimum Gasteiger partial charge on any atom is -0.0561 e. The molecule has 0 N–H and O–H groups in total. The van der Waals surface area contributed by atoms with E-state index >= 15 is 0 Å². The van der Waals surface area contributed by atoms with Gasteiger partial charge >= 0.3 is 0 Å². The molecule has 0 amide bonds. The van der Waals surface area contributed by atoms with Gasteiger partial charge in [-0.05, 0) is 142 Å². The average Bonchev–Trinajstić information content (AvgIpc) is 2.60. The van der Waals surface area contributed by atoms with Crippen LogP contribution in [0, 0.1) is 0 Å². The average molecular weight is 630 g/mol. The highest BCUT2D eigenvalue weighted by Gasteiger charge is 2.25. The van der Waals surface area contributed by atoms with E-state index in [0.717, 1.165) is 17.9 Å². The van der Waals surface area contributed by atoms with Crippen molar-refractivity contribution < 1.29 is 0 Å². The summed E-state index contributed by atoms with van der Waals surface area (Å²) in [4.78, 5) is 0. The molecule has 0 unspecified atom stereocenters. The molecule has 0 heterocycles. The summed E-state index contributed by atoms with van der Waals surface area (Å²) < 4.78 is 4.49. The SMILES string of the molecule is CC(C)(C)c1cc2c(Br)c(Br)c3cc(C(C)(C)C)cc4c(Br)c(Br)c(c1)c2c34. The molecular weight excluding hydrogens is 608 g/mol. The van der Waals surface area contributed by atoms with E-state index in [2.05, 4.69) is 130 Å². The second kappa shape index (κ2) is 6.67. The monoisotopic (exact) mass is 626 g/mol. The van der Waals surface area contributed by atoms with Crippen LogP contribution in [-0.2, 0) is 10.8 Å². The van der Waals surface area contributed by atoms with Crippen LogP contribution >= 0.6 is 63.7 Å². The summed E-state index contributed by atoms with van der Waals surface area (Å²) in [5.74, 6) is 0. The summed E-state index contributed by atoms with van der Waals surface area (Å²) in [7, 11) is 0. The van der Waals surface area contributed by atoms with Crippen molar-refractivity contribution in [2.24, 2.45) is 0 Å². The zero-order valence-electron chi connectivity index (χ0n) is 16.8. The van der Waals surface area contributed by atoms with Crippen LogP contribution in [0.4, 0.5) is 0 Å². The Morgan fingerprint density at radius 1 is 0.464 bits per heavy atom. The van der Waals surface area contributed by atoms with Gasteiger partial charge in [0, 0.05) is 17.9 Å². The molecule has 4 rings (SSSR count). The number of benzene rings is 4. The molecule has 0 radical (unpaired) electrons. The Bertz CT molecular complexity index is 1080. The van der Waals surface area contributed by atoms with E-state index in [1.165, 1.54) is 43.4 Å². The molecule has 28 heavy (non-hydrogen) atoms. The van der Waals surface area contributed by atoms with Gasteiger partial charge in [-0.2, -0.15) is 0 Å². The Morgan fingerprint density at radius 2 is 0.679 bits per heavy atom. The van der Waals surface area contributed by atoms with E-state index in [0.29, 0.717) is 0 Å². The minimum atomic E-state index is 0.0711. The van der Waals surface area contributed by atoms with Crippen molar-refractivity contribution in [3.05, 3.63) is 53.3 Å². The fourth-order valence-corrected chi connectivity index (χ4v) is 5.96. The summed E-state index contributed by atoms with van der Waals surface area (Å²) in [6.45, 7) is 13.6. The molecule has 0 atom stereocenters. The summed E-state index contributed by atoms with van der Waals surface area (Å²) in [5, 5.41) is 7.63. The second-order valence-electron chi connectivity index (χ2n) is 9.65. The van der Waals surface area contributed by atoms with Crippen molar-refractivity contribution in [2.75, 3.05) is 0 Å². The van der Waals surface area contributed by atoms with Crippen LogP contribution in [0.15, 0.2) is 42.2 Å². The molecular formula is C24H22Br4. The molecule has 0 aromatic heterocycles. The first-order valence-corrected chi connectivity index (χ1v) is 12.5. The van der Waals surface area contributed by atoms with Gasteiger partial charge < -0.3 is 0 Å². The fraction of sp³-hybridized carbons (Fsp3) is 0.333. The fourth-order valence-electron chi connectivity index (χ4n) is 3.85. The second-order valence-corrected chi connectivity index (χ2v) is 12.8. The first kappa shape index (κ1) is 21.1. The summed E-state index contributed by atoms with van der Waals surface area (Å²) in [5.41, 5.74) is 2.80. The molecule has 0 aliphatic carbocycles. The maximum atomic E-state index is 3.91. The lowest BCUT2D eigenvalue weighted by Gasteiger charge is -2.26. The van der Waals surface area contributed by atoms with Crippen molar-refractivity contribution >= 4 is 96.0 Å². The molecule has 146 valence electrons. The summed E-state index contributed by atoms with van der Waals surface area (Å²) in [6.07, 6.45) is 0. The molecule has 0 aliphatic rings. The topological polar surface area (TPSA) is 0 Å². The third-order valence-corrected chi connectivity index (χ3v) is 9.95. The van der Waals surface area contributed by atoms with Gasteiger partial charge in [0.15, 0.2) is 0 Å². The van der Waals surface area contributed by atoms with Gasteiger partial charge in [0.1, 0.15) is 0 Å². The van der Waals surface area contributed by atoms with E-state index < -0.39 is 0 Å². The lowest BCUT2D eigenvalue weighted by Crippen LogP contribution is -2.12. The van der Waals surface area contributed by atoms with E-state index in [4.69, 9.17) is 0 Å². The molecule has 0 aliphatic heterocycles. The van der Waals surface area contributed by atoms with Gasteiger partial charge in [-0.3, -0.25) is 0 Å². The van der Waals surface area contributed by atoms with Crippen molar-refractivity contribution in [1.29, 1.82) is 0 Å². The summed E-state index contributed by atoms with van der Waals surface area (Å²) >= 11 is 15.6. The van der Waals surface area contributed by atoms with Crippen LogP contribution in [0.5, 0.6) is 0 Å². The number of hydrogen-bond acceptors (Lipinski definition) is 0. The normalized spacial score (nSPS) is 13.4. The number of rotatable bonds is 0. The van der Waals surface area contributed by atoms with Gasteiger partial charge in [-0.1, -0.05) is 41.5 Å². The molecule has 4 aromatic rings. The largest absolute Gasteiger partial charge is 0.0561 e. The van der Waals surface area contributed by atoms with Crippen LogP contribution in [0.3, 0.4) is 0 Å². The van der Waals surface area contributed by atoms with Gasteiger partial charge in [0.25, 0.3) is 0 Å². The molecule has 0 saturated carbocycles. The Balaban J connectivity index is 2.35. The molecule has 0 spiro atoms. The molecule has 4 aromatic carbocycles. The third kappa shape index (κ3) is 3.09. The predicted octanol–water partition coefficient (Wildman–Crippen LogP) is 10.2. The van der Waals surface area contributed by atoms with Crippen LogP contribution in [-0.4, -0.2) is 0 Å². The van der Waals surface area contributed by atoms with Crippen LogP contribution in [0.1, 0.15) is 52.7 Å². The highest BCUT2D eigenvalue weighted by atomic mass is 79.9. The molecule has 4 heteroatoms. The van der Waals surface area contributed by atoms with Crippen LogP contribution < -0.4 is 0 Å². The highest BCUT2D eigenvalue weighted by Crippen LogP contribution is 2.51. The van der Waals surface area contributed by atoms with Gasteiger partial charge in [-0.25, -0.2) is 0 Å². The van der Waals surface area contributed by atoms with Crippen LogP contribution in [0.25, 0.3) is 32.3 Å². The van der Waals surface area contributed by atoms with E-state index in [-0.39, 0.29) is 10.8 Å². The molecule has 0 bridgehead atoms. The molecule has 0 nitrogen and oxygen atoms in total. The minimum absolute atomic E-state index is 0.0711. The predicted molar refractivity (Wildman–Crippen MR) is 138 cm³/mol. The maximum Gasteiger partial charge on any atom is 0.0402 e. The van der Waals surface area contributed by atoms with E-state index in [1.54, 1.807) is 0 Å². The Morgan fingerprint density at radius 3 is 0.857 bits per heavy atom. The first-order valence-electron chi connectivity index (χ1n) is 9.32. The van der Waals surface area contributed by atoms with Gasteiger partial charge in [-0.15, -0.1) is 0 Å². The van der Waals surface area contributed by atoms with Crippen molar-refractivity contribution in [3.8, 4) is 0 Å². The standard InChI is InChI=1S/C24H22Br4/c1-23(2,3)11-7-13-17-14(8-11)20(26)22(28)16-10-12(24(4,5)6)9-15(18(16)17)21(27)19(13)25/h7-10H,1-6H3. The molecule has 0 fully saturated rings. The number of halogens is 4. The Hall–Kier alpha value is -0.160. The van der Waals surface area contributed by atoms with E-state index in [9.17, 15) is 0 Å². The van der Waals surface area contributed by atoms with Crippen molar-refractivity contribution in [3.63, 3.8) is 0 Å². The van der Waals surface area contributed by atoms with Gasteiger partial charge in [0.05, 0.1) is 0 Å². The number of hydrogen-bond donors (Lipinski definition) is 0. The van der Waals surface area contributed by atoms with Crippen molar-refractivity contribution in [2.45, 2.75) is 52.4 Å². The Kier molecular flexibility index (Phi) is 5.02. The zero-order chi connectivity index (χ0) is 20.8. The van der Waals surface area contributed by atoms with Gasteiger partial charge in [0.2, 0.25) is 0 Å². The quantitative estimate of drug-likeness (QED) is 0.170. The zero-order valence-corrected chi connectivity index (χ0v) is 23.2. The van der Waals surface area contributed by atoms with Crippen molar-refractivity contribution in [1.82, 2.24) is 0 Å². The smallest absolute Gasteiger partial charge is 0.0402 e. The highest BCUT2D eigenvalue weighted by molar-refractivity contribution is 9.13. The Labute approximate surface area is 200 Å². The van der Waals surface area contributed by atoms with E-state index in [1.807, 2.05) is 0 Å². The lowest BCUT2D eigenvalue weighted by atomic mass is 9.81.